The smallest absolute Gasteiger partial charge is 0.312 e. The maximum Gasteiger partial charge on any atom is 0.312 e. The van der Waals surface area contributed by atoms with Crippen LogP contribution in [0.3, 0.4) is 0 Å². The molecule has 8 atom stereocenters. The van der Waals surface area contributed by atoms with E-state index in [2.05, 4.69) is 71.3 Å². The van der Waals surface area contributed by atoms with Crippen LogP contribution in [0.2, 0.25) is 0 Å². The fourth-order valence-corrected chi connectivity index (χ4v) is 12.6. The minimum Gasteiger partial charge on any atom is -0.469 e. The highest BCUT2D eigenvalue weighted by molar-refractivity contribution is 7.09. The van der Waals surface area contributed by atoms with Gasteiger partial charge in [0.15, 0.2) is 5.78 Å². The first-order valence-corrected chi connectivity index (χ1v) is 18.1. The van der Waals surface area contributed by atoms with Crippen molar-refractivity contribution in [3.8, 4) is 0 Å². The molecule has 5 aliphatic carbocycles. The third-order valence-corrected chi connectivity index (χ3v) is 15.5. The third kappa shape index (κ3) is 4.46. The van der Waals surface area contributed by atoms with Gasteiger partial charge in [-0.3, -0.25) is 14.4 Å². The SMILES string of the molecule is COC(=O)C12CCC(C)(C)CC1C1=CCC3C4(C)CC(C(=O)NCCc5cccs5)C(=O)C(C)(C)C4CCC3(C)C1(C)CC2. The number of nitrogens with one attached hydrogen (secondary N) is 1. The van der Waals surface area contributed by atoms with Crippen LogP contribution in [0.4, 0.5) is 0 Å². The summed E-state index contributed by atoms with van der Waals surface area (Å²) < 4.78 is 5.53. The lowest BCUT2D eigenvalue weighted by molar-refractivity contribution is -0.196. The van der Waals surface area contributed by atoms with E-state index in [-0.39, 0.29) is 51.2 Å². The molecular weight excluding hydrogens is 566 g/mol. The van der Waals surface area contributed by atoms with Gasteiger partial charge in [-0.1, -0.05) is 66.2 Å². The Labute approximate surface area is 269 Å². The van der Waals surface area contributed by atoms with Crippen LogP contribution in [0.25, 0.3) is 0 Å². The minimum atomic E-state index is -0.604. The summed E-state index contributed by atoms with van der Waals surface area (Å²) in [5, 5.41) is 5.22. The summed E-state index contributed by atoms with van der Waals surface area (Å²) in [6.07, 6.45) is 11.9. The molecule has 5 aliphatic rings. The third-order valence-electron chi connectivity index (χ3n) is 14.5. The Hall–Kier alpha value is -1.95. The highest BCUT2D eigenvalue weighted by Crippen LogP contribution is 2.75. The van der Waals surface area contributed by atoms with Gasteiger partial charge in [0.1, 0.15) is 0 Å². The molecule has 0 spiro atoms. The highest BCUT2D eigenvalue weighted by atomic mass is 32.1. The number of fused-ring (bicyclic) bond motifs is 7. The minimum absolute atomic E-state index is 0.00984. The van der Waals surface area contributed by atoms with E-state index >= 15 is 0 Å². The van der Waals surface area contributed by atoms with Gasteiger partial charge in [0.25, 0.3) is 0 Å². The van der Waals surface area contributed by atoms with Crippen molar-refractivity contribution in [2.45, 2.75) is 113 Å². The van der Waals surface area contributed by atoms with Crippen LogP contribution in [0.1, 0.15) is 111 Å². The molecule has 1 aromatic heterocycles. The number of hydrogen-bond acceptors (Lipinski definition) is 5. The van der Waals surface area contributed by atoms with Crippen LogP contribution in [0, 0.1) is 56.2 Å². The number of carbonyl (C=O) groups excluding carboxylic acids is 3. The number of hydrogen-bond donors (Lipinski definition) is 1. The predicted octanol–water partition coefficient (Wildman–Crippen LogP) is 8.18. The van der Waals surface area contributed by atoms with Crippen molar-refractivity contribution in [2.75, 3.05) is 13.7 Å². The number of amides is 1. The summed E-state index contributed by atoms with van der Waals surface area (Å²) in [4.78, 5) is 42.6. The van der Waals surface area contributed by atoms with Crippen molar-refractivity contribution in [3.05, 3.63) is 34.0 Å². The molecule has 1 amide bonds. The van der Waals surface area contributed by atoms with Crippen molar-refractivity contribution in [1.82, 2.24) is 5.32 Å². The predicted molar refractivity (Wildman–Crippen MR) is 176 cm³/mol. The van der Waals surface area contributed by atoms with E-state index in [1.807, 2.05) is 6.07 Å². The van der Waals surface area contributed by atoms with Gasteiger partial charge in [-0.15, -0.1) is 11.3 Å². The zero-order valence-electron chi connectivity index (χ0n) is 28.4. The molecule has 1 aromatic rings. The van der Waals surface area contributed by atoms with Gasteiger partial charge in [-0.05, 0) is 115 Å². The largest absolute Gasteiger partial charge is 0.469 e. The number of methoxy groups -OCH3 is 1. The van der Waals surface area contributed by atoms with E-state index in [9.17, 15) is 14.4 Å². The highest BCUT2D eigenvalue weighted by Gasteiger charge is 2.70. The van der Waals surface area contributed by atoms with Crippen molar-refractivity contribution < 1.29 is 19.1 Å². The number of ether oxygens (including phenoxy) is 1. The summed E-state index contributed by atoms with van der Waals surface area (Å²) in [6.45, 7) is 17.0. The average Bonchev–Trinajstić information content (AvgIpc) is 3.48. The number of thiophene rings is 1. The van der Waals surface area contributed by atoms with Gasteiger partial charge in [0.2, 0.25) is 5.91 Å². The lowest BCUT2D eigenvalue weighted by atomic mass is 9.33. The van der Waals surface area contributed by atoms with Gasteiger partial charge in [0.05, 0.1) is 18.4 Å². The van der Waals surface area contributed by atoms with Gasteiger partial charge < -0.3 is 10.1 Å². The van der Waals surface area contributed by atoms with Crippen molar-refractivity contribution in [3.63, 3.8) is 0 Å². The van der Waals surface area contributed by atoms with Crippen LogP contribution < -0.4 is 5.32 Å². The Morgan fingerprint density at radius 3 is 2.39 bits per heavy atom. The van der Waals surface area contributed by atoms with E-state index in [0.29, 0.717) is 18.9 Å². The van der Waals surface area contributed by atoms with Gasteiger partial charge in [-0.2, -0.15) is 0 Å². The zero-order valence-corrected chi connectivity index (χ0v) is 29.3. The molecule has 4 fully saturated rings. The van der Waals surface area contributed by atoms with Crippen LogP contribution in [-0.4, -0.2) is 31.3 Å². The second-order valence-corrected chi connectivity index (χ2v) is 18.4. The normalized spacial score (nSPS) is 42.1. The lowest BCUT2D eigenvalue weighted by Crippen LogP contribution is -2.66. The summed E-state index contributed by atoms with van der Waals surface area (Å²) >= 11 is 1.71. The Morgan fingerprint density at radius 1 is 0.977 bits per heavy atom. The molecule has 1 heterocycles. The number of ketones is 1. The second-order valence-electron chi connectivity index (χ2n) is 17.3. The Morgan fingerprint density at radius 2 is 1.70 bits per heavy atom. The fourth-order valence-electron chi connectivity index (χ4n) is 11.9. The van der Waals surface area contributed by atoms with E-state index < -0.39 is 16.7 Å². The van der Waals surface area contributed by atoms with Crippen LogP contribution >= 0.6 is 11.3 Å². The first kappa shape index (κ1) is 32.0. The molecule has 0 saturated heterocycles. The maximum atomic E-state index is 14.0. The molecule has 0 radical (unpaired) electrons. The summed E-state index contributed by atoms with van der Waals surface area (Å²) in [5.74, 6) is 0.262. The van der Waals surface area contributed by atoms with Crippen LogP contribution in [0.5, 0.6) is 0 Å². The van der Waals surface area contributed by atoms with Crippen molar-refractivity contribution in [1.29, 1.82) is 0 Å². The van der Waals surface area contributed by atoms with Crippen molar-refractivity contribution >= 4 is 29.0 Å². The molecule has 0 bridgehead atoms. The van der Waals surface area contributed by atoms with E-state index in [4.69, 9.17) is 4.74 Å². The number of carbonyl (C=O) groups is 3. The first-order chi connectivity index (χ1) is 20.6. The molecular formula is C38H55NO4S. The van der Waals surface area contributed by atoms with Gasteiger partial charge >= 0.3 is 5.97 Å². The molecule has 5 nitrogen and oxygen atoms in total. The molecule has 44 heavy (non-hydrogen) atoms. The topological polar surface area (TPSA) is 72.5 Å². The standard InChI is InChI=1S/C38H55NO4S/c1-33(2)16-18-38(32(42)43-8)19-17-36(6)26(27(38)23-33)11-12-29-35(5)22-25(31(41)39-20-14-24-10-9-21-44-24)30(40)34(3,4)28(35)13-15-37(29,36)7/h9-11,21,25,27-29H,12-20,22-23H2,1-8H3,(H,39,41). The Kier molecular flexibility index (Phi) is 7.67. The van der Waals surface area contributed by atoms with E-state index in [1.54, 1.807) is 18.4 Å². The van der Waals surface area contributed by atoms with Crippen LogP contribution in [-0.2, 0) is 25.5 Å². The zero-order chi connectivity index (χ0) is 31.9. The first-order valence-electron chi connectivity index (χ1n) is 17.2. The second kappa shape index (κ2) is 10.5. The molecule has 6 rings (SSSR count). The van der Waals surface area contributed by atoms with Gasteiger partial charge in [0, 0.05) is 16.8 Å². The summed E-state index contributed by atoms with van der Waals surface area (Å²) in [6, 6.07) is 4.14. The quantitative estimate of drug-likeness (QED) is 0.205. The maximum absolute atomic E-state index is 14.0. The number of esters is 1. The Balaban J connectivity index is 1.34. The molecule has 4 saturated carbocycles. The van der Waals surface area contributed by atoms with Gasteiger partial charge in [-0.25, -0.2) is 0 Å². The van der Waals surface area contributed by atoms with E-state index in [0.717, 1.165) is 57.8 Å². The molecule has 6 heteroatoms. The number of allylic oxidation sites excluding steroid dienone is 2. The molecule has 0 aliphatic heterocycles. The summed E-state index contributed by atoms with van der Waals surface area (Å²) in [5.41, 5.74) is 0.623. The monoisotopic (exact) mass is 621 g/mol. The molecule has 0 aromatic carbocycles. The molecule has 8 unspecified atom stereocenters. The summed E-state index contributed by atoms with van der Waals surface area (Å²) in [7, 11) is 1.57. The lowest BCUT2D eigenvalue weighted by Gasteiger charge is -2.71. The van der Waals surface area contributed by atoms with Crippen LogP contribution in [0.15, 0.2) is 29.2 Å². The number of rotatable bonds is 5. The fraction of sp³-hybridized carbons (Fsp3) is 0.763. The molecule has 242 valence electrons. The molecule has 1 N–H and O–H groups in total. The van der Waals surface area contributed by atoms with E-state index in [1.165, 1.54) is 10.5 Å². The number of Topliss-reactive ketones (excluding diaryl/α,β-unsaturated/α-hetero) is 1. The average molecular weight is 622 g/mol. The Bertz CT molecular complexity index is 1360. The van der Waals surface area contributed by atoms with Crippen molar-refractivity contribution in [2.24, 2.45) is 56.2 Å².